The van der Waals surface area contributed by atoms with Gasteiger partial charge >= 0.3 is 0 Å². The zero-order valence-corrected chi connectivity index (χ0v) is 10.4. The lowest BCUT2D eigenvalue weighted by atomic mass is 9.91. The van der Waals surface area contributed by atoms with Gasteiger partial charge < -0.3 is 14.6 Å². The van der Waals surface area contributed by atoms with Crippen LogP contribution in [0.2, 0.25) is 0 Å². The van der Waals surface area contributed by atoms with Gasteiger partial charge in [0.1, 0.15) is 0 Å². The van der Waals surface area contributed by atoms with E-state index in [0.717, 1.165) is 18.4 Å². The molecule has 0 saturated heterocycles. The van der Waals surface area contributed by atoms with Crippen LogP contribution in [0.5, 0.6) is 11.5 Å². The molecule has 0 bridgehead atoms. The molecule has 0 aliphatic heterocycles. The van der Waals surface area contributed by atoms with Gasteiger partial charge in [-0.05, 0) is 31.0 Å². The molecule has 0 radical (unpaired) electrons. The fourth-order valence-corrected chi connectivity index (χ4v) is 1.80. The molecule has 1 aromatic rings. The fourth-order valence-electron chi connectivity index (χ4n) is 1.80. The fraction of sp³-hybridized carbons (Fsp3) is 0.538. The van der Waals surface area contributed by atoms with Crippen LogP contribution in [-0.2, 0) is 5.60 Å². The quantitative estimate of drug-likeness (QED) is 0.835. The van der Waals surface area contributed by atoms with E-state index in [1.165, 1.54) is 0 Å². The Morgan fingerprint density at radius 2 is 1.81 bits per heavy atom. The van der Waals surface area contributed by atoms with E-state index >= 15 is 0 Å². The third-order valence-electron chi connectivity index (χ3n) is 2.74. The number of benzene rings is 1. The molecule has 1 N–H and O–H groups in total. The van der Waals surface area contributed by atoms with Crippen LogP contribution in [0.4, 0.5) is 0 Å². The van der Waals surface area contributed by atoms with Crippen LogP contribution in [0.3, 0.4) is 0 Å². The normalized spacial score (nSPS) is 14.3. The second-order valence-electron chi connectivity index (χ2n) is 4.09. The van der Waals surface area contributed by atoms with Crippen LogP contribution in [0.15, 0.2) is 18.2 Å². The Bertz CT molecular complexity index is 345. The number of hydrogen-bond acceptors (Lipinski definition) is 3. The summed E-state index contributed by atoms with van der Waals surface area (Å²) in [6.07, 6.45) is 1.66. The summed E-state index contributed by atoms with van der Waals surface area (Å²) in [5.74, 6) is 1.33. The summed E-state index contributed by atoms with van der Waals surface area (Å²) in [6, 6.07) is 5.52. The largest absolute Gasteiger partial charge is 0.493 e. The number of ether oxygens (including phenoxy) is 2. The lowest BCUT2D eigenvalue weighted by Crippen LogP contribution is -2.20. The number of rotatable bonds is 5. The lowest BCUT2D eigenvalue weighted by molar-refractivity contribution is 0.0467. The molecule has 0 saturated carbocycles. The minimum Gasteiger partial charge on any atom is -0.493 e. The van der Waals surface area contributed by atoms with Gasteiger partial charge in [0.2, 0.25) is 0 Å². The zero-order chi connectivity index (χ0) is 12.2. The van der Waals surface area contributed by atoms with Crippen molar-refractivity contribution in [3.8, 4) is 11.5 Å². The third kappa shape index (κ3) is 2.67. The van der Waals surface area contributed by atoms with Gasteiger partial charge in [0, 0.05) is 0 Å². The molecule has 0 aromatic heterocycles. The maximum Gasteiger partial charge on any atom is 0.161 e. The Kier molecular flexibility index (Phi) is 4.19. The SMILES string of the molecule is CCCC(C)(O)c1ccc(OC)c(OC)c1. The smallest absolute Gasteiger partial charge is 0.161 e. The van der Waals surface area contributed by atoms with E-state index in [2.05, 4.69) is 6.92 Å². The van der Waals surface area contributed by atoms with Gasteiger partial charge in [0.05, 0.1) is 19.8 Å². The van der Waals surface area contributed by atoms with Crippen molar-refractivity contribution in [1.82, 2.24) is 0 Å². The highest BCUT2D eigenvalue weighted by atomic mass is 16.5. The Balaban J connectivity index is 3.07. The monoisotopic (exact) mass is 224 g/mol. The van der Waals surface area contributed by atoms with Gasteiger partial charge in [0.25, 0.3) is 0 Å². The molecule has 0 spiro atoms. The summed E-state index contributed by atoms with van der Waals surface area (Å²) < 4.78 is 10.4. The lowest BCUT2D eigenvalue weighted by Gasteiger charge is -2.24. The van der Waals surface area contributed by atoms with Gasteiger partial charge in [-0.2, -0.15) is 0 Å². The Morgan fingerprint density at radius 3 is 2.31 bits per heavy atom. The van der Waals surface area contributed by atoms with Crippen molar-refractivity contribution in [2.24, 2.45) is 0 Å². The van der Waals surface area contributed by atoms with Crippen LogP contribution in [0.25, 0.3) is 0 Å². The predicted molar refractivity (Wildman–Crippen MR) is 64.0 cm³/mol. The molecule has 1 unspecified atom stereocenters. The van der Waals surface area contributed by atoms with E-state index in [1.807, 2.05) is 25.1 Å². The van der Waals surface area contributed by atoms with E-state index in [1.54, 1.807) is 14.2 Å². The van der Waals surface area contributed by atoms with Gasteiger partial charge in [0.15, 0.2) is 11.5 Å². The number of hydrogen-bond donors (Lipinski definition) is 1. The first-order valence-electron chi connectivity index (χ1n) is 5.50. The van der Waals surface area contributed by atoms with Crippen LogP contribution < -0.4 is 9.47 Å². The Morgan fingerprint density at radius 1 is 1.19 bits per heavy atom. The highest BCUT2D eigenvalue weighted by molar-refractivity contribution is 5.44. The first-order valence-corrected chi connectivity index (χ1v) is 5.50. The maximum absolute atomic E-state index is 10.3. The van der Waals surface area contributed by atoms with Crippen LogP contribution in [0, 0.1) is 0 Å². The van der Waals surface area contributed by atoms with Crippen molar-refractivity contribution in [2.75, 3.05) is 14.2 Å². The van der Waals surface area contributed by atoms with E-state index in [-0.39, 0.29) is 0 Å². The van der Waals surface area contributed by atoms with Gasteiger partial charge in [-0.1, -0.05) is 19.4 Å². The summed E-state index contributed by atoms with van der Waals surface area (Å²) in [7, 11) is 3.19. The summed E-state index contributed by atoms with van der Waals surface area (Å²) in [5, 5.41) is 10.3. The van der Waals surface area contributed by atoms with E-state index in [9.17, 15) is 5.11 Å². The van der Waals surface area contributed by atoms with E-state index in [0.29, 0.717) is 11.5 Å². The van der Waals surface area contributed by atoms with Crippen LogP contribution >= 0.6 is 0 Å². The van der Waals surface area contributed by atoms with E-state index < -0.39 is 5.60 Å². The first-order chi connectivity index (χ1) is 7.55. The standard InChI is InChI=1S/C13H20O3/c1-5-8-13(2,14)10-6-7-11(15-3)12(9-10)16-4/h6-7,9,14H,5,8H2,1-4H3. The van der Waals surface area contributed by atoms with Gasteiger partial charge in [-0.3, -0.25) is 0 Å². The summed E-state index contributed by atoms with van der Waals surface area (Å²) >= 11 is 0. The molecule has 0 aliphatic rings. The molecule has 16 heavy (non-hydrogen) atoms. The molecule has 1 aromatic carbocycles. The number of aliphatic hydroxyl groups is 1. The average molecular weight is 224 g/mol. The van der Waals surface area contributed by atoms with Crippen molar-refractivity contribution in [3.05, 3.63) is 23.8 Å². The number of methoxy groups -OCH3 is 2. The van der Waals surface area contributed by atoms with Crippen LogP contribution in [-0.4, -0.2) is 19.3 Å². The first kappa shape index (κ1) is 12.8. The minimum atomic E-state index is -0.811. The molecular weight excluding hydrogens is 204 g/mol. The van der Waals surface area contributed by atoms with Gasteiger partial charge in [-0.25, -0.2) is 0 Å². The van der Waals surface area contributed by atoms with Crippen molar-refractivity contribution >= 4 is 0 Å². The average Bonchev–Trinajstić information content (AvgIpc) is 2.28. The molecule has 0 amide bonds. The topological polar surface area (TPSA) is 38.7 Å². The summed E-state index contributed by atoms with van der Waals surface area (Å²) in [6.45, 7) is 3.87. The highest BCUT2D eigenvalue weighted by Crippen LogP contribution is 2.33. The van der Waals surface area contributed by atoms with Crippen molar-refractivity contribution in [1.29, 1.82) is 0 Å². The second kappa shape index (κ2) is 5.21. The molecule has 3 nitrogen and oxygen atoms in total. The van der Waals surface area contributed by atoms with Crippen molar-refractivity contribution in [3.63, 3.8) is 0 Å². The predicted octanol–water partition coefficient (Wildman–Crippen LogP) is 2.71. The van der Waals surface area contributed by atoms with E-state index in [4.69, 9.17) is 9.47 Å². The molecule has 90 valence electrons. The zero-order valence-electron chi connectivity index (χ0n) is 10.4. The Labute approximate surface area is 97.0 Å². The molecule has 0 fully saturated rings. The Hall–Kier alpha value is -1.22. The molecule has 1 rings (SSSR count). The summed E-state index contributed by atoms with van der Waals surface area (Å²) in [5.41, 5.74) is 0.0425. The maximum atomic E-state index is 10.3. The van der Waals surface area contributed by atoms with Crippen molar-refractivity contribution in [2.45, 2.75) is 32.3 Å². The molecule has 3 heteroatoms. The third-order valence-corrected chi connectivity index (χ3v) is 2.74. The minimum absolute atomic E-state index is 0.649. The highest BCUT2D eigenvalue weighted by Gasteiger charge is 2.23. The molecule has 0 heterocycles. The van der Waals surface area contributed by atoms with Crippen LogP contribution in [0.1, 0.15) is 32.3 Å². The molecule has 1 atom stereocenters. The van der Waals surface area contributed by atoms with Crippen molar-refractivity contribution < 1.29 is 14.6 Å². The second-order valence-corrected chi connectivity index (χ2v) is 4.09. The van der Waals surface area contributed by atoms with Gasteiger partial charge in [-0.15, -0.1) is 0 Å². The summed E-state index contributed by atoms with van der Waals surface area (Å²) in [4.78, 5) is 0. The molecule has 0 aliphatic carbocycles. The molecular formula is C13H20O3.